The molecule has 1 saturated heterocycles. The summed E-state index contributed by atoms with van der Waals surface area (Å²) >= 11 is 0. The number of phenolic OH excluding ortho intramolecular Hbond substituents is 2. The van der Waals surface area contributed by atoms with E-state index < -0.39 is 76.5 Å². The Morgan fingerprint density at radius 1 is 1.05 bits per heavy atom. The molecule has 0 saturated carbocycles. The summed E-state index contributed by atoms with van der Waals surface area (Å²) in [5.74, 6) is -2.79. The summed E-state index contributed by atoms with van der Waals surface area (Å²) in [5, 5.41) is 54.8. The predicted molar refractivity (Wildman–Crippen MR) is 127 cm³/mol. The second-order valence-electron chi connectivity index (χ2n) is 10.1. The second kappa shape index (κ2) is 8.76. The van der Waals surface area contributed by atoms with E-state index in [9.17, 15) is 35.1 Å². The molecule has 7 N–H and O–H groups in total. The molecule has 7 unspecified atom stereocenters. The van der Waals surface area contributed by atoms with Crippen molar-refractivity contribution in [1.29, 1.82) is 0 Å². The maximum absolute atomic E-state index is 13.6. The van der Waals surface area contributed by atoms with Crippen molar-refractivity contribution in [3.63, 3.8) is 0 Å². The van der Waals surface area contributed by atoms with Crippen molar-refractivity contribution in [3.8, 4) is 17.2 Å². The number of methoxy groups -OCH3 is 1. The lowest BCUT2D eigenvalue weighted by molar-refractivity contribution is -0.251. The molecule has 7 atom stereocenters. The molecule has 1 fully saturated rings. The highest BCUT2D eigenvalue weighted by Gasteiger charge is 2.50. The third-order valence-corrected chi connectivity index (χ3v) is 7.55. The first-order valence-electron chi connectivity index (χ1n) is 11.9. The van der Waals surface area contributed by atoms with Crippen LogP contribution in [-0.4, -0.2) is 74.3 Å². The van der Waals surface area contributed by atoms with Crippen LogP contribution in [0.5, 0.6) is 17.2 Å². The number of ketones is 2. The Bertz CT molecular complexity index is 1290. The number of rotatable bonds is 3. The number of fused-ring (bicyclic) bond motifs is 3. The van der Waals surface area contributed by atoms with Gasteiger partial charge >= 0.3 is 0 Å². The molecular formula is C26H29NO10. The molecule has 1 aliphatic heterocycles. The molecule has 0 spiro atoms. The average Bonchev–Trinajstić information content (AvgIpc) is 2.84. The number of aliphatic hydroxyl groups is 3. The Labute approximate surface area is 212 Å². The van der Waals surface area contributed by atoms with Crippen LogP contribution in [0.15, 0.2) is 18.2 Å². The SMILES string of the molecule is COc1cccc2c1C(=O)c1c(O)c3c(c(O)c1C2=O)C(O)C(C)(O)CC3OC1CC(N)C(O)C(C)O1. The van der Waals surface area contributed by atoms with Crippen LogP contribution in [-0.2, 0) is 9.47 Å². The molecule has 2 aromatic rings. The molecule has 0 radical (unpaired) electrons. The van der Waals surface area contributed by atoms with Gasteiger partial charge in [-0.1, -0.05) is 12.1 Å². The predicted octanol–water partition coefficient (Wildman–Crippen LogP) is 0.951. The van der Waals surface area contributed by atoms with E-state index in [2.05, 4.69) is 0 Å². The number of carbonyl (C=O) groups excluding carboxylic acids is 2. The van der Waals surface area contributed by atoms with Gasteiger partial charge in [0, 0.05) is 35.6 Å². The Kier molecular flexibility index (Phi) is 6.06. The highest BCUT2D eigenvalue weighted by molar-refractivity contribution is 6.31. The fourth-order valence-electron chi connectivity index (χ4n) is 5.56. The molecule has 198 valence electrons. The van der Waals surface area contributed by atoms with Gasteiger partial charge in [0.25, 0.3) is 0 Å². The largest absolute Gasteiger partial charge is 0.507 e. The number of aliphatic hydroxyl groups excluding tert-OH is 2. The molecule has 11 nitrogen and oxygen atoms in total. The fourth-order valence-corrected chi connectivity index (χ4v) is 5.56. The lowest BCUT2D eigenvalue weighted by Gasteiger charge is -2.43. The van der Waals surface area contributed by atoms with E-state index >= 15 is 0 Å². The molecule has 0 amide bonds. The zero-order chi connectivity index (χ0) is 27.0. The minimum atomic E-state index is -1.85. The molecule has 3 aliphatic rings. The van der Waals surface area contributed by atoms with Gasteiger partial charge < -0.3 is 45.5 Å². The number of hydrogen-bond donors (Lipinski definition) is 6. The summed E-state index contributed by atoms with van der Waals surface area (Å²) in [7, 11) is 1.34. The number of nitrogens with two attached hydrogens (primary N) is 1. The van der Waals surface area contributed by atoms with E-state index in [0.29, 0.717) is 0 Å². The van der Waals surface area contributed by atoms with Crippen molar-refractivity contribution in [1.82, 2.24) is 0 Å². The maximum atomic E-state index is 13.6. The molecule has 0 bridgehead atoms. The first-order chi connectivity index (χ1) is 17.4. The Hall–Kier alpha value is -3.06. The van der Waals surface area contributed by atoms with Gasteiger partial charge in [0.15, 0.2) is 12.1 Å². The summed E-state index contributed by atoms with van der Waals surface area (Å²) in [4.78, 5) is 27.0. The number of ether oxygens (including phenoxy) is 3. The summed E-state index contributed by atoms with van der Waals surface area (Å²) in [6.07, 6.45) is -5.62. The highest BCUT2D eigenvalue weighted by atomic mass is 16.7. The van der Waals surface area contributed by atoms with E-state index in [0.717, 1.165) is 0 Å². The Morgan fingerprint density at radius 3 is 2.35 bits per heavy atom. The van der Waals surface area contributed by atoms with Crippen molar-refractivity contribution in [3.05, 3.63) is 51.6 Å². The van der Waals surface area contributed by atoms with E-state index in [1.54, 1.807) is 6.92 Å². The normalized spacial score (nSPS) is 32.9. The molecule has 2 aliphatic carbocycles. The maximum Gasteiger partial charge on any atom is 0.202 e. The van der Waals surface area contributed by atoms with Crippen LogP contribution in [0.4, 0.5) is 0 Å². The van der Waals surface area contributed by atoms with Crippen LogP contribution >= 0.6 is 0 Å². The van der Waals surface area contributed by atoms with Gasteiger partial charge in [-0.15, -0.1) is 0 Å². The van der Waals surface area contributed by atoms with Crippen LogP contribution in [0.3, 0.4) is 0 Å². The first kappa shape index (κ1) is 25.6. The van der Waals surface area contributed by atoms with Crippen molar-refractivity contribution < 1.29 is 49.3 Å². The molecule has 11 heteroatoms. The van der Waals surface area contributed by atoms with E-state index in [1.807, 2.05) is 0 Å². The summed E-state index contributed by atoms with van der Waals surface area (Å²) < 4.78 is 17.0. The van der Waals surface area contributed by atoms with Gasteiger partial charge in [0.05, 0.1) is 47.7 Å². The number of aromatic hydroxyl groups is 2. The summed E-state index contributed by atoms with van der Waals surface area (Å²) in [6.45, 7) is 2.93. The molecule has 0 aromatic heterocycles. The molecular weight excluding hydrogens is 486 g/mol. The van der Waals surface area contributed by atoms with Crippen LogP contribution in [0.25, 0.3) is 0 Å². The van der Waals surface area contributed by atoms with Crippen LogP contribution in [0.1, 0.15) is 81.9 Å². The number of hydrogen-bond acceptors (Lipinski definition) is 11. The average molecular weight is 516 g/mol. The lowest BCUT2D eigenvalue weighted by Crippen LogP contribution is -2.52. The Balaban J connectivity index is 1.68. The monoisotopic (exact) mass is 515 g/mol. The summed E-state index contributed by atoms with van der Waals surface area (Å²) in [5.41, 5.74) is 2.65. The molecule has 2 aromatic carbocycles. The zero-order valence-corrected chi connectivity index (χ0v) is 20.5. The number of carbonyl (C=O) groups is 2. The van der Waals surface area contributed by atoms with Crippen molar-refractivity contribution in [2.75, 3.05) is 7.11 Å². The third kappa shape index (κ3) is 3.73. The lowest BCUT2D eigenvalue weighted by atomic mass is 9.72. The third-order valence-electron chi connectivity index (χ3n) is 7.55. The summed E-state index contributed by atoms with van der Waals surface area (Å²) in [6, 6.07) is 3.74. The number of benzene rings is 2. The second-order valence-corrected chi connectivity index (χ2v) is 10.1. The van der Waals surface area contributed by atoms with Crippen molar-refractivity contribution in [2.45, 2.75) is 69.0 Å². The topological polar surface area (TPSA) is 189 Å². The van der Waals surface area contributed by atoms with Crippen LogP contribution in [0, 0.1) is 0 Å². The highest BCUT2D eigenvalue weighted by Crippen LogP contribution is 2.55. The van der Waals surface area contributed by atoms with Crippen molar-refractivity contribution in [2.24, 2.45) is 5.73 Å². The Morgan fingerprint density at radius 2 is 1.70 bits per heavy atom. The minimum Gasteiger partial charge on any atom is -0.507 e. The smallest absolute Gasteiger partial charge is 0.202 e. The zero-order valence-electron chi connectivity index (χ0n) is 20.5. The van der Waals surface area contributed by atoms with E-state index in [-0.39, 0.29) is 40.8 Å². The van der Waals surface area contributed by atoms with Gasteiger partial charge in [-0.3, -0.25) is 9.59 Å². The van der Waals surface area contributed by atoms with Crippen molar-refractivity contribution >= 4 is 11.6 Å². The van der Waals surface area contributed by atoms with Crippen LogP contribution < -0.4 is 10.5 Å². The van der Waals surface area contributed by atoms with Gasteiger partial charge in [0.1, 0.15) is 23.4 Å². The first-order valence-corrected chi connectivity index (χ1v) is 11.9. The molecule has 5 rings (SSSR count). The quantitative estimate of drug-likeness (QED) is 0.272. The van der Waals surface area contributed by atoms with Gasteiger partial charge in [-0.05, 0) is 19.9 Å². The van der Waals surface area contributed by atoms with Gasteiger partial charge in [0.2, 0.25) is 5.78 Å². The molecule has 37 heavy (non-hydrogen) atoms. The fraction of sp³-hybridized carbons (Fsp3) is 0.462. The van der Waals surface area contributed by atoms with Gasteiger partial charge in [-0.2, -0.15) is 0 Å². The number of phenols is 2. The van der Waals surface area contributed by atoms with E-state index in [1.165, 1.54) is 32.2 Å². The standard InChI is InChI=1S/C26H29NO10/c1-9-20(28)11(27)7-14(36-9)37-13-8-26(2,34)25(33)19-16(13)23(31)18-17(24(19)32)21(29)10-5-4-6-12(35-3)15(10)22(18)30/h4-6,9,11,13-14,20,25,28,31-34H,7-8,27H2,1-3H3. The minimum absolute atomic E-state index is 0.0338. The molecule has 1 heterocycles. The van der Waals surface area contributed by atoms with E-state index in [4.69, 9.17) is 19.9 Å². The van der Waals surface area contributed by atoms with Crippen LogP contribution in [0.2, 0.25) is 0 Å². The van der Waals surface area contributed by atoms with Gasteiger partial charge in [-0.25, -0.2) is 0 Å².